The predicted octanol–water partition coefficient (Wildman–Crippen LogP) is 1.52. The lowest BCUT2D eigenvalue weighted by Crippen LogP contribution is -1.99. The van der Waals surface area contributed by atoms with Gasteiger partial charge in [0.2, 0.25) is 0 Å². The van der Waals surface area contributed by atoms with E-state index in [1.807, 2.05) is 17.5 Å². The van der Waals surface area contributed by atoms with Crippen LogP contribution in [-0.2, 0) is 15.6 Å². The molecule has 2 N–H and O–H groups in total. The molecule has 20 heavy (non-hydrogen) atoms. The average Bonchev–Trinajstić information content (AvgIpc) is 2.91. The van der Waals surface area contributed by atoms with Gasteiger partial charge in [0.25, 0.3) is 0 Å². The molecular weight excluding hydrogens is 298 g/mol. The number of sulfone groups is 1. The number of aromatic amines is 2. The van der Waals surface area contributed by atoms with Crippen LogP contribution >= 0.6 is 11.3 Å². The van der Waals surface area contributed by atoms with Crippen LogP contribution in [0.1, 0.15) is 5.01 Å². The summed E-state index contributed by atoms with van der Waals surface area (Å²) in [6, 6.07) is 5.44. The fourth-order valence-electron chi connectivity index (χ4n) is 1.93. The molecule has 0 amide bonds. The van der Waals surface area contributed by atoms with Crippen LogP contribution in [0.25, 0.3) is 22.3 Å². The first-order valence-corrected chi connectivity index (χ1v) is 8.69. The van der Waals surface area contributed by atoms with Crippen LogP contribution in [0.2, 0.25) is 0 Å². The van der Waals surface area contributed by atoms with Crippen LogP contribution in [0, 0.1) is 0 Å². The van der Waals surface area contributed by atoms with Crippen LogP contribution in [0.3, 0.4) is 0 Å². The summed E-state index contributed by atoms with van der Waals surface area (Å²) < 4.78 is 22.5. The van der Waals surface area contributed by atoms with Crippen LogP contribution in [-0.4, -0.2) is 29.6 Å². The number of benzene rings is 1. The second kappa shape index (κ2) is 4.57. The smallest absolute Gasteiger partial charge is 0.306 e. The van der Waals surface area contributed by atoms with E-state index < -0.39 is 9.84 Å². The first-order valence-electron chi connectivity index (χ1n) is 5.75. The van der Waals surface area contributed by atoms with E-state index >= 15 is 0 Å². The highest BCUT2D eigenvalue weighted by atomic mass is 32.2. The molecule has 0 saturated heterocycles. The number of H-pyrrole nitrogens is 2. The second-order valence-electron chi connectivity index (χ2n) is 4.54. The Kier molecular flexibility index (Phi) is 2.98. The molecule has 0 unspecified atom stereocenters. The first kappa shape index (κ1) is 13.1. The van der Waals surface area contributed by atoms with Gasteiger partial charge in [0.1, 0.15) is 10.8 Å². The molecule has 6 nitrogen and oxygen atoms in total. The highest BCUT2D eigenvalue weighted by Crippen LogP contribution is 2.24. The van der Waals surface area contributed by atoms with Gasteiger partial charge in [-0.25, -0.2) is 18.2 Å². The predicted molar refractivity (Wildman–Crippen MR) is 78.6 cm³/mol. The number of hydrogen-bond acceptors (Lipinski definition) is 5. The number of thiazole rings is 1. The summed E-state index contributed by atoms with van der Waals surface area (Å²) in [5, 5.41) is 2.37. The Morgan fingerprint density at radius 3 is 2.75 bits per heavy atom. The Bertz CT molecular complexity index is 934. The Hall–Kier alpha value is -1.93. The summed E-state index contributed by atoms with van der Waals surface area (Å²) in [4.78, 5) is 20.9. The van der Waals surface area contributed by atoms with Gasteiger partial charge in [0.05, 0.1) is 16.7 Å². The monoisotopic (exact) mass is 309 g/mol. The number of imidazole rings is 1. The fraction of sp³-hybridized carbons (Fsp3) is 0.167. The molecule has 2 heterocycles. The Labute approximate surface area is 118 Å². The first-order chi connectivity index (χ1) is 9.40. The van der Waals surface area contributed by atoms with Crippen molar-refractivity contribution in [2.75, 3.05) is 6.26 Å². The van der Waals surface area contributed by atoms with E-state index in [1.165, 1.54) is 17.6 Å². The summed E-state index contributed by atoms with van der Waals surface area (Å²) in [6.07, 6.45) is 1.19. The number of hydrogen-bond donors (Lipinski definition) is 2. The molecule has 104 valence electrons. The normalized spacial score (nSPS) is 12.1. The lowest BCUT2D eigenvalue weighted by Gasteiger charge is -1.97. The van der Waals surface area contributed by atoms with E-state index in [1.54, 1.807) is 6.07 Å². The third-order valence-electron chi connectivity index (χ3n) is 2.75. The van der Waals surface area contributed by atoms with Crippen molar-refractivity contribution < 1.29 is 8.42 Å². The molecule has 0 spiro atoms. The van der Waals surface area contributed by atoms with Gasteiger partial charge in [-0.1, -0.05) is 6.07 Å². The van der Waals surface area contributed by atoms with E-state index in [0.717, 1.165) is 11.1 Å². The molecule has 2 aromatic heterocycles. The van der Waals surface area contributed by atoms with Gasteiger partial charge in [0, 0.05) is 17.2 Å². The number of nitrogens with one attached hydrogen (secondary N) is 2. The lowest BCUT2D eigenvalue weighted by atomic mass is 10.1. The van der Waals surface area contributed by atoms with Crippen molar-refractivity contribution in [3.05, 3.63) is 39.1 Å². The van der Waals surface area contributed by atoms with Gasteiger partial charge in [-0.15, -0.1) is 11.3 Å². The van der Waals surface area contributed by atoms with Gasteiger partial charge < -0.3 is 9.97 Å². The van der Waals surface area contributed by atoms with Gasteiger partial charge in [0.15, 0.2) is 9.84 Å². The van der Waals surface area contributed by atoms with Crippen LogP contribution < -0.4 is 5.69 Å². The summed E-state index contributed by atoms with van der Waals surface area (Å²) in [6.45, 7) is 0. The summed E-state index contributed by atoms with van der Waals surface area (Å²) >= 11 is 1.31. The maximum Gasteiger partial charge on any atom is 0.323 e. The van der Waals surface area contributed by atoms with E-state index in [0.29, 0.717) is 16.2 Å². The average molecular weight is 309 g/mol. The third-order valence-corrected chi connectivity index (χ3v) is 4.58. The molecule has 0 fully saturated rings. The lowest BCUT2D eigenvalue weighted by molar-refractivity contribution is 0.601. The Balaban J connectivity index is 2.00. The number of rotatable bonds is 3. The fourth-order valence-corrected chi connectivity index (χ4v) is 3.94. The van der Waals surface area contributed by atoms with Crippen molar-refractivity contribution in [2.45, 2.75) is 5.75 Å². The SMILES string of the molecule is CS(=O)(=O)Cc1nc(-c2ccc3[nH]c(=O)[nH]c3c2)cs1. The van der Waals surface area contributed by atoms with Crippen LogP contribution in [0.15, 0.2) is 28.4 Å². The molecule has 0 bridgehead atoms. The molecule has 0 radical (unpaired) electrons. The van der Waals surface area contributed by atoms with Crippen LogP contribution in [0.5, 0.6) is 0 Å². The van der Waals surface area contributed by atoms with Crippen molar-refractivity contribution >= 4 is 32.2 Å². The van der Waals surface area contributed by atoms with Gasteiger partial charge in [-0.2, -0.15) is 0 Å². The zero-order valence-corrected chi connectivity index (χ0v) is 12.1. The summed E-state index contributed by atoms with van der Waals surface area (Å²) in [5.41, 5.74) is 2.71. The Morgan fingerprint density at radius 2 is 2.00 bits per heavy atom. The maximum absolute atomic E-state index is 11.2. The Morgan fingerprint density at radius 1 is 1.25 bits per heavy atom. The van der Waals surface area contributed by atoms with Gasteiger partial charge >= 0.3 is 5.69 Å². The van der Waals surface area contributed by atoms with Crippen molar-refractivity contribution in [3.8, 4) is 11.3 Å². The van der Waals surface area contributed by atoms with Crippen molar-refractivity contribution in [3.63, 3.8) is 0 Å². The molecule has 0 saturated carbocycles. The third kappa shape index (κ3) is 2.66. The largest absolute Gasteiger partial charge is 0.323 e. The van der Waals surface area contributed by atoms with E-state index in [-0.39, 0.29) is 11.4 Å². The maximum atomic E-state index is 11.2. The molecule has 0 atom stereocenters. The minimum Gasteiger partial charge on any atom is -0.306 e. The van der Waals surface area contributed by atoms with Gasteiger partial charge in [-0.05, 0) is 12.1 Å². The molecule has 0 aliphatic heterocycles. The highest BCUT2D eigenvalue weighted by molar-refractivity contribution is 7.90. The minimum atomic E-state index is -3.08. The molecule has 1 aromatic carbocycles. The topological polar surface area (TPSA) is 95.7 Å². The van der Waals surface area contributed by atoms with E-state index in [4.69, 9.17) is 0 Å². The summed E-state index contributed by atoms with van der Waals surface area (Å²) in [5.74, 6) is -0.0547. The molecule has 0 aliphatic rings. The number of aromatic nitrogens is 3. The molecule has 0 aliphatic carbocycles. The summed E-state index contributed by atoms with van der Waals surface area (Å²) in [7, 11) is -3.08. The van der Waals surface area contributed by atoms with Gasteiger partial charge in [-0.3, -0.25) is 0 Å². The van der Waals surface area contributed by atoms with Crippen molar-refractivity contribution in [1.82, 2.24) is 15.0 Å². The minimum absolute atomic E-state index is 0.0547. The zero-order valence-electron chi connectivity index (χ0n) is 10.5. The molecule has 8 heteroatoms. The van der Waals surface area contributed by atoms with Crippen molar-refractivity contribution in [1.29, 1.82) is 0 Å². The number of nitrogens with zero attached hydrogens (tertiary/aromatic N) is 1. The van der Waals surface area contributed by atoms with Crippen molar-refractivity contribution in [2.24, 2.45) is 0 Å². The van der Waals surface area contributed by atoms with E-state index in [2.05, 4.69) is 15.0 Å². The van der Waals surface area contributed by atoms with E-state index in [9.17, 15) is 13.2 Å². The molecular formula is C12H11N3O3S2. The number of fused-ring (bicyclic) bond motifs is 1. The molecule has 3 rings (SSSR count). The zero-order chi connectivity index (χ0) is 14.3. The highest BCUT2D eigenvalue weighted by Gasteiger charge is 2.11. The second-order valence-corrected chi connectivity index (χ2v) is 7.62. The standard InChI is InChI=1S/C12H11N3O3S2/c1-20(17,18)6-11-13-10(5-19-11)7-2-3-8-9(4-7)15-12(16)14-8/h2-5H,6H2,1H3,(H2,14,15,16). The molecule has 3 aromatic rings. The quantitative estimate of drug-likeness (QED) is 0.767. The van der Waals surface area contributed by atoms with Crippen LogP contribution in [0.4, 0.5) is 0 Å².